The normalized spacial score (nSPS) is 13.6. The van der Waals surface area contributed by atoms with Crippen molar-refractivity contribution in [1.29, 1.82) is 0 Å². The van der Waals surface area contributed by atoms with E-state index in [1.165, 1.54) is 6.92 Å². The number of halogens is 3. The van der Waals surface area contributed by atoms with Crippen molar-refractivity contribution >= 4 is 15.7 Å². The standard InChI is InChI=1S/C12H17F3N2O2S/c1-7(2)16-6-8(3)20(18,19)17-12-5-10(14)9(13)4-11(12)15/h4-5,7-8,16-17H,6H2,1-3H3. The van der Waals surface area contributed by atoms with Crippen LogP contribution in [0.5, 0.6) is 0 Å². The van der Waals surface area contributed by atoms with E-state index in [2.05, 4.69) is 5.32 Å². The van der Waals surface area contributed by atoms with Crippen molar-refractivity contribution in [3.05, 3.63) is 29.6 Å². The molecule has 0 radical (unpaired) electrons. The zero-order valence-corrected chi connectivity index (χ0v) is 12.2. The van der Waals surface area contributed by atoms with Gasteiger partial charge in [-0.05, 0) is 6.92 Å². The first-order valence-corrected chi connectivity index (χ1v) is 7.57. The second-order valence-corrected chi connectivity index (χ2v) is 6.87. The van der Waals surface area contributed by atoms with Crippen LogP contribution < -0.4 is 10.0 Å². The summed E-state index contributed by atoms with van der Waals surface area (Å²) in [6.45, 7) is 5.28. The molecular weight excluding hydrogens is 293 g/mol. The molecule has 0 bridgehead atoms. The molecule has 8 heteroatoms. The van der Waals surface area contributed by atoms with Gasteiger partial charge in [-0.1, -0.05) is 13.8 Å². The minimum absolute atomic E-state index is 0.0904. The van der Waals surface area contributed by atoms with Crippen LogP contribution in [0.25, 0.3) is 0 Å². The van der Waals surface area contributed by atoms with Gasteiger partial charge in [0.2, 0.25) is 10.0 Å². The maximum atomic E-state index is 13.4. The largest absolute Gasteiger partial charge is 0.313 e. The molecule has 2 N–H and O–H groups in total. The minimum atomic E-state index is -3.90. The number of benzene rings is 1. The van der Waals surface area contributed by atoms with E-state index in [1.54, 1.807) is 0 Å². The predicted octanol–water partition coefficient (Wildman–Crippen LogP) is 2.23. The quantitative estimate of drug-likeness (QED) is 0.792. The highest BCUT2D eigenvalue weighted by Gasteiger charge is 2.23. The third kappa shape index (κ3) is 4.38. The van der Waals surface area contributed by atoms with Gasteiger partial charge < -0.3 is 5.32 Å². The van der Waals surface area contributed by atoms with Crippen LogP contribution in [0.15, 0.2) is 12.1 Å². The monoisotopic (exact) mass is 310 g/mol. The summed E-state index contributed by atoms with van der Waals surface area (Å²) in [4.78, 5) is 0. The fourth-order valence-corrected chi connectivity index (χ4v) is 2.35. The molecule has 0 aliphatic rings. The lowest BCUT2D eigenvalue weighted by Gasteiger charge is -2.17. The molecule has 1 aromatic rings. The molecule has 0 heterocycles. The Hall–Kier alpha value is -1.28. The number of hydrogen-bond donors (Lipinski definition) is 2. The Morgan fingerprint density at radius 1 is 1.05 bits per heavy atom. The molecular formula is C12H17F3N2O2S. The molecule has 1 unspecified atom stereocenters. The summed E-state index contributed by atoms with van der Waals surface area (Å²) < 4.78 is 64.9. The SMILES string of the molecule is CC(C)NCC(C)S(=O)(=O)Nc1cc(F)c(F)cc1F. The second-order valence-electron chi connectivity index (χ2n) is 4.77. The summed E-state index contributed by atoms with van der Waals surface area (Å²) in [7, 11) is -3.90. The first-order valence-electron chi connectivity index (χ1n) is 6.03. The van der Waals surface area contributed by atoms with Crippen molar-refractivity contribution in [2.24, 2.45) is 0 Å². The zero-order chi connectivity index (χ0) is 15.5. The van der Waals surface area contributed by atoms with Crippen LogP contribution in [0.3, 0.4) is 0 Å². The first kappa shape index (κ1) is 16.8. The van der Waals surface area contributed by atoms with Gasteiger partial charge in [0.15, 0.2) is 11.6 Å². The van der Waals surface area contributed by atoms with E-state index < -0.39 is 38.4 Å². The summed E-state index contributed by atoms with van der Waals surface area (Å²) in [5, 5.41) is 2.06. The molecule has 4 nitrogen and oxygen atoms in total. The van der Waals surface area contributed by atoms with Crippen LogP contribution in [-0.2, 0) is 10.0 Å². The van der Waals surface area contributed by atoms with E-state index in [4.69, 9.17) is 0 Å². The van der Waals surface area contributed by atoms with Crippen molar-refractivity contribution in [3.63, 3.8) is 0 Å². The number of hydrogen-bond acceptors (Lipinski definition) is 3. The Morgan fingerprint density at radius 2 is 1.60 bits per heavy atom. The molecule has 0 amide bonds. The third-order valence-corrected chi connectivity index (χ3v) is 4.34. The molecule has 20 heavy (non-hydrogen) atoms. The zero-order valence-electron chi connectivity index (χ0n) is 11.4. The lowest BCUT2D eigenvalue weighted by atomic mass is 10.3. The van der Waals surface area contributed by atoms with Gasteiger partial charge in [-0.15, -0.1) is 0 Å². The van der Waals surface area contributed by atoms with Crippen molar-refractivity contribution in [3.8, 4) is 0 Å². The molecule has 1 atom stereocenters. The number of rotatable bonds is 6. The van der Waals surface area contributed by atoms with Gasteiger partial charge in [0.25, 0.3) is 0 Å². The predicted molar refractivity (Wildman–Crippen MR) is 71.5 cm³/mol. The second kappa shape index (κ2) is 6.45. The average molecular weight is 310 g/mol. The van der Waals surface area contributed by atoms with E-state index in [0.29, 0.717) is 12.1 Å². The summed E-state index contributed by atoms with van der Waals surface area (Å²) in [6.07, 6.45) is 0. The lowest BCUT2D eigenvalue weighted by molar-refractivity contribution is 0.496. The Morgan fingerprint density at radius 3 is 2.15 bits per heavy atom. The van der Waals surface area contributed by atoms with Crippen molar-refractivity contribution in [1.82, 2.24) is 5.32 Å². The number of nitrogens with one attached hydrogen (secondary N) is 2. The molecule has 0 saturated heterocycles. The van der Waals surface area contributed by atoms with Gasteiger partial charge in [0, 0.05) is 24.7 Å². The topological polar surface area (TPSA) is 58.2 Å². The molecule has 0 aliphatic carbocycles. The van der Waals surface area contributed by atoms with Crippen LogP contribution >= 0.6 is 0 Å². The summed E-state index contributed by atoms with van der Waals surface area (Å²) in [5.41, 5.74) is -0.611. The highest BCUT2D eigenvalue weighted by atomic mass is 32.2. The molecule has 114 valence electrons. The highest BCUT2D eigenvalue weighted by molar-refractivity contribution is 7.93. The van der Waals surface area contributed by atoms with Crippen LogP contribution in [-0.4, -0.2) is 26.3 Å². The average Bonchev–Trinajstić information content (AvgIpc) is 2.32. The number of anilines is 1. The Kier molecular flexibility index (Phi) is 5.41. The van der Waals surface area contributed by atoms with E-state index >= 15 is 0 Å². The van der Waals surface area contributed by atoms with Gasteiger partial charge in [-0.25, -0.2) is 21.6 Å². The van der Waals surface area contributed by atoms with Crippen molar-refractivity contribution in [2.45, 2.75) is 32.1 Å². The van der Waals surface area contributed by atoms with E-state index in [9.17, 15) is 21.6 Å². The van der Waals surface area contributed by atoms with Crippen molar-refractivity contribution in [2.75, 3.05) is 11.3 Å². The van der Waals surface area contributed by atoms with Crippen LogP contribution in [0, 0.1) is 17.5 Å². The minimum Gasteiger partial charge on any atom is -0.313 e. The van der Waals surface area contributed by atoms with Crippen LogP contribution in [0.1, 0.15) is 20.8 Å². The maximum Gasteiger partial charge on any atom is 0.236 e. The van der Waals surface area contributed by atoms with Crippen molar-refractivity contribution < 1.29 is 21.6 Å². The van der Waals surface area contributed by atoms with E-state index in [-0.39, 0.29) is 12.6 Å². The highest BCUT2D eigenvalue weighted by Crippen LogP contribution is 2.20. The maximum absolute atomic E-state index is 13.4. The first-order chi connectivity index (χ1) is 9.13. The van der Waals surface area contributed by atoms with Gasteiger partial charge in [0.1, 0.15) is 5.82 Å². The Balaban J connectivity index is 2.88. The molecule has 0 saturated carbocycles. The molecule has 0 spiro atoms. The van der Waals surface area contributed by atoms with Gasteiger partial charge in [-0.2, -0.15) is 0 Å². The van der Waals surface area contributed by atoms with E-state index in [0.717, 1.165) is 0 Å². The van der Waals surface area contributed by atoms with Crippen LogP contribution in [0.2, 0.25) is 0 Å². The summed E-state index contributed by atoms with van der Waals surface area (Å²) in [5.74, 6) is -3.87. The summed E-state index contributed by atoms with van der Waals surface area (Å²) in [6, 6.07) is 0.863. The lowest BCUT2D eigenvalue weighted by Crippen LogP contribution is -2.37. The van der Waals surface area contributed by atoms with Gasteiger partial charge in [0.05, 0.1) is 10.9 Å². The smallest absolute Gasteiger partial charge is 0.236 e. The summed E-state index contributed by atoms with van der Waals surface area (Å²) >= 11 is 0. The Labute approximate surface area is 116 Å². The fourth-order valence-electron chi connectivity index (χ4n) is 1.37. The number of sulfonamides is 1. The fraction of sp³-hybridized carbons (Fsp3) is 0.500. The molecule has 1 rings (SSSR count). The van der Waals surface area contributed by atoms with E-state index in [1.807, 2.05) is 18.6 Å². The third-order valence-electron chi connectivity index (χ3n) is 2.61. The molecule has 0 aliphatic heterocycles. The molecule has 0 fully saturated rings. The molecule has 0 aromatic heterocycles. The molecule has 1 aromatic carbocycles. The van der Waals surface area contributed by atoms with Crippen LogP contribution in [0.4, 0.5) is 18.9 Å². The van der Waals surface area contributed by atoms with Gasteiger partial charge >= 0.3 is 0 Å². The Bertz CT molecular complexity index is 576. The van der Waals surface area contributed by atoms with Gasteiger partial charge in [-0.3, -0.25) is 4.72 Å².